The van der Waals surface area contributed by atoms with Crippen molar-refractivity contribution < 1.29 is 9.53 Å². The molecule has 2 rings (SSSR count). The Morgan fingerprint density at radius 2 is 1.76 bits per heavy atom. The molecule has 3 nitrogen and oxygen atoms in total. The van der Waals surface area contributed by atoms with Crippen LogP contribution in [-0.2, 0) is 9.53 Å². The van der Waals surface area contributed by atoms with Crippen LogP contribution in [0.3, 0.4) is 0 Å². The van der Waals surface area contributed by atoms with Crippen molar-refractivity contribution in [2.75, 3.05) is 7.11 Å². The number of hydrogen-bond donors (Lipinski definition) is 1. The Balaban J connectivity index is 1.99. The molecule has 0 spiro atoms. The molecule has 0 aliphatic heterocycles. The second-order valence-corrected chi connectivity index (χ2v) is 6.39. The van der Waals surface area contributed by atoms with Gasteiger partial charge in [0.2, 0.25) is 0 Å². The van der Waals surface area contributed by atoms with Gasteiger partial charge in [0.25, 0.3) is 0 Å². The first kappa shape index (κ1) is 16.0. The molecule has 1 unspecified atom stereocenters. The molecule has 0 saturated heterocycles. The highest BCUT2D eigenvalue weighted by molar-refractivity contribution is 5.77. The number of benzene rings is 1. The van der Waals surface area contributed by atoms with E-state index in [1.807, 2.05) is 30.3 Å². The summed E-state index contributed by atoms with van der Waals surface area (Å²) in [6.07, 6.45) is 4.78. The molecule has 0 heterocycles. The van der Waals surface area contributed by atoms with Crippen molar-refractivity contribution in [1.82, 2.24) is 5.32 Å². The van der Waals surface area contributed by atoms with Gasteiger partial charge in [0, 0.05) is 6.04 Å². The summed E-state index contributed by atoms with van der Waals surface area (Å²) in [7, 11) is 1.45. The SMILES string of the molecule is COC(=O)C(NC1CCC(C(C)C)CC1)c1ccccc1. The molecule has 1 aromatic carbocycles. The van der Waals surface area contributed by atoms with Crippen molar-refractivity contribution in [2.45, 2.75) is 51.6 Å². The lowest BCUT2D eigenvalue weighted by molar-refractivity contribution is -0.143. The van der Waals surface area contributed by atoms with Gasteiger partial charge >= 0.3 is 5.97 Å². The number of esters is 1. The zero-order valence-corrected chi connectivity index (χ0v) is 13.3. The van der Waals surface area contributed by atoms with Crippen molar-refractivity contribution in [3.8, 4) is 0 Å². The lowest BCUT2D eigenvalue weighted by atomic mass is 9.79. The van der Waals surface area contributed by atoms with Crippen LogP contribution in [0.5, 0.6) is 0 Å². The zero-order valence-electron chi connectivity index (χ0n) is 13.3. The van der Waals surface area contributed by atoms with Crippen LogP contribution in [0.4, 0.5) is 0 Å². The average molecular weight is 289 g/mol. The van der Waals surface area contributed by atoms with E-state index in [1.54, 1.807) is 0 Å². The molecule has 3 heteroatoms. The van der Waals surface area contributed by atoms with Gasteiger partial charge < -0.3 is 4.74 Å². The summed E-state index contributed by atoms with van der Waals surface area (Å²) >= 11 is 0. The van der Waals surface area contributed by atoms with Gasteiger partial charge in [-0.3, -0.25) is 5.32 Å². The van der Waals surface area contributed by atoms with E-state index >= 15 is 0 Å². The van der Waals surface area contributed by atoms with E-state index in [4.69, 9.17) is 4.74 Å². The minimum Gasteiger partial charge on any atom is -0.468 e. The molecule has 0 bridgehead atoms. The van der Waals surface area contributed by atoms with Crippen LogP contribution in [0, 0.1) is 11.8 Å². The van der Waals surface area contributed by atoms with Crippen LogP contribution in [0.25, 0.3) is 0 Å². The second-order valence-electron chi connectivity index (χ2n) is 6.39. The van der Waals surface area contributed by atoms with E-state index < -0.39 is 0 Å². The minimum atomic E-state index is -0.350. The Kier molecular flexibility index (Phi) is 5.80. The highest BCUT2D eigenvalue weighted by Crippen LogP contribution is 2.31. The summed E-state index contributed by atoms with van der Waals surface area (Å²) in [5.74, 6) is 1.39. The van der Waals surface area contributed by atoms with E-state index in [-0.39, 0.29) is 12.0 Å². The maximum Gasteiger partial charge on any atom is 0.327 e. The summed E-state index contributed by atoms with van der Waals surface area (Å²) < 4.78 is 4.97. The molecular formula is C18H27NO2. The first-order valence-corrected chi connectivity index (χ1v) is 8.00. The van der Waals surface area contributed by atoms with Crippen molar-refractivity contribution in [3.05, 3.63) is 35.9 Å². The van der Waals surface area contributed by atoms with E-state index in [1.165, 1.54) is 20.0 Å². The highest BCUT2D eigenvalue weighted by Gasteiger charge is 2.28. The smallest absolute Gasteiger partial charge is 0.327 e. The number of rotatable bonds is 5. The molecule has 0 amide bonds. The van der Waals surface area contributed by atoms with Gasteiger partial charge in [-0.25, -0.2) is 4.79 Å². The minimum absolute atomic E-state index is 0.202. The molecule has 21 heavy (non-hydrogen) atoms. The number of nitrogens with one attached hydrogen (secondary N) is 1. The van der Waals surface area contributed by atoms with E-state index in [0.717, 1.165) is 30.2 Å². The van der Waals surface area contributed by atoms with Gasteiger partial charge in [0.15, 0.2) is 0 Å². The third-order valence-corrected chi connectivity index (χ3v) is 4.69. The van der Waals surface area contributed by atoms with Crippen molar-refractivity contribution >= 4 is 5.97 Å². The van der Waals surface area contributed by atoms with Crippen molar-refractivity contribution in [2.24, 2.45) is 11.8 Å². The number of hydrogen-bond acceptors (Lipinski definition) is 3. The van der Waals surface area contributed by atoms with E-state index in [0.29, 0.717) is 6.04 Å². The lowest BCUT2D eigenvalue weighted by Gasteiger charge is -2.33. The quantitative estimate of drug-likeness (QED) is 0.840. The van der Waals surface area contributed by atoms with Gasteiger partial charge in [-0.05, 0) is 43.1 Å². The summed E-state index contributed by atoms with van der Waals surface area (Å²) in [4.78, 5) is 12.1. The number of carbonyl (C=O) groups excluding carboxylic acids is 1. The van der Waals surface area contributed by atoms with Gasteiger partial charge in [-0.15, -0.1) is 0 Å². The molecule has 116 valence electrons. The van der Waals surface area contributed by atoms with E-state index in [9.17, 15) is 4.79 Å². The molecule has 1 aliphatic rings. The number of carbonyl (C=O) groups is 1. The molecule has 0 aromatic heterocycles. The van der Waals surface area contributed by atoms with Crippen LogP contribution in [-0.4, -0.2) is 19.1 Å². The molecular weight excluding hydrogens is 262 g/mol. The average Bonchev–Trinajstić information content (AvgIpc) is 2.53. The molecule has 1 aliphatic carbocycles. The third kappa shape index (κ3) is 4.31. The second kappa shape index (κ2) is 7.60. The van der Waals surface area contributed by atoms with Crippen molar-refractivity contribution in [1.29, 1.82) is 0 Å². The Hall–Kier alpha value is -1.35. The van der Waals surface area contributed by atoms with Gasteiger partial charge in [0.1, 0.15) is 6.04 Å². The predicted molar refractivity (Wildman–Crippen MR) is 84.9 cm³/mol. The Bertz CT molecular complexity index is 436. The van der Waals surface area contributed by atoms with Crippen LogP contribution in [0.1, 0.15) is 51.1 Å². The first-order chi connectivity index (χ1) is 10.1. The Morgan fingerprint density at radius 1 is 1.14 bits per heavy atom. The molecule has 1 atom stereocenters. The molecule has 1 N–H and O–H groups in total. The van der Waals surface area contributed by atoms with Crippen LogP contribution >= 0.6 is 0 Å². The zero-order chi connectivity index (χ0) is 15.2. The van der Waals surface area contributed by atoms with Gasteiger partial charge in [0.05, 0.1) is 7.11 Å². The van der Waals surface area contributed by atoms with Crippen molar-refractivity contribution in [3.63, 3.8) is 0 Å². The van der Waals surface area contributed by atoms with Crippen LogP contribution in [0.2, 0.25) is 0 Å². The monoisotopic (exact) mass is 289 g/mol. The fraction of sp³-hybridized carbons (Fsp3) is 0.611. The molecule has 1 fully saturated rings. The summed E-state index contributed by atoms with van der Waals surface area (Å²) in [5.41, 5.74) is 0.982. The van der Waals surface area contributed by atoms with Crippen LogP contribution in [0.15, 0.2) is 30.3 Å². The normalized spacial score (nSPS) is 23.8. The largest absolute Gasteiger partial charge is 0.468 e. The molecule has 1 aromatic rings. The standard InChI is InChI=1S/C18H27NO2/c1-13(2)14-9-11-16(12-10-14)19-17(18(20)21-3)15-7-5-4-6-8-15/h4-8,13-14,16-17,19H,9-12H2,1-3H3. The van der Waals surface area contributed by atoms with Gasteiger partial charge in [-0.1, -0.05) is 44.2 Å². The summed E-state index contributed by atoms with van der Waals surface area (Å²) in [5, 5.41) is 3.51. The number of ether oxygens (including phenoxy) is 1. The van der Waals surface area contributed by atoms with Gasteiger partial charge in [-0.2, -0.15) is 0 Å². The highest BCUT2D eigenvalue weighted by atomic mass is 16.5. The maximum atomic E-state index is 12.1. The first-order valence-electron chi connectivity index (χ1n) is 8.00. The molecule has 1 saturated carbocycles. The molecule has 0 radical (unpaired) electrons. The topological polar surface area (TPSA) is 38.3 Å². The predicted octanol–water partition coefficient (Wildman–Crippen LogP) is 3.71. The fourth-order valence-corrected chi connectivity index (χ4v) is 3.25. The number of methoxy groups -OCH3 is 1. The third-order valence-electron chi connectivity index (χ3n) is 4.69. The lowest BCUT2D eigenvalue weighted by Crippen LogP contribution is -2.40. The Labute approximate surface area is 128 Å². The van der Waals surface area contributed by atoms with Crippen LogP contribution < -0.4 is 5.32 Å². The summed E-state index contributed by atoms with van der Waals surface area (Å²) in [6.45, 7) is 4.61. The Morgan fingerprint density at radius 3 is 2.29 bits per heavy atom. The summed E-state index contributed by atoms with van der Waals surface area (Å²) in [6, 6.07) is 9.90. The maximum absolute atomic E-state index is 12.1. The van der Waals surface area contributed by atoms with E-state index in [2.05, 4.69) is 19.2 Å². The fourth-order valence-electron chi connectivity index (χ4n) is 3.25.